The molecule has 0 radical (unpaired) electrons. The average Bonchev–Trinajstić information content (AvgIpc) is 2.36. The van der Waals surface area contributed by atoms with E-state index in [0.717, 1.165) is 25.1 Å². The second kappa shape index (κ2) is 5.21. The van der Waals surface area contributed by atoms with E-state index in [2.05, 4.69) is 19.3 Å². The molecule has 1 saturated heterocycles. The van der Waals surface area contributed by atoms with E-state index >= 15 is 0 Å². The van der Waals surface area contributed by atoms with Gasteiger partial charge in [0.05, 0.1) is 11.3 Å². The number of nitrogens with one attached hydrogen (secondary N) is 1. The lowest BCUT2D eigenvalue weighted by molar-refractivity contribution is 0.0584. The normalized spacial score (nSPS) is 18.2. The number of hydrogen-bond donors (Lipinski definition) is 2. The Labute approximate surface area is 114 Å². The molecule has 0 saturated carbocycles. The number of nitrogens with zero attached hydrogens (tertiary/aromatic N) is 1. The summed E-state index contributed by atoms with van der Waals surface area (Å²) in [4.78, 5) is 14.5. The van der Waals surface area contributed by atoms with Crippen LogP contribution in [-0.4, -0.2) is 23.9 Å². The van der Waals surface area contributed by atoms with E-state index in [4.69, 9.17) is 5.84 Å². The van der Waals surface area contributed by atoms with Gasteiger partial charge < -0.3 is 10.3 Å². The van der Waals surface area contributed by atoms with Gasteiger partial charge in [-0.25, -0.2) is 0 Å². The Morgan fingerprint density at radius 1 is 1.42 bits per heavy atom. The first-order valence-corrected chi connectivity index (χ1v) is 6.79. The quantitative estimate of drug-likeness (QED) is 0.635. The molecule has 0 bridgehead atoms. The van der Waals surface area contributed by atoms with Crippen LogP contribution < -0.4 is 11.3 Å². The summed E-state index contributed by atoms with van der Waals surface area (Å²) >= 11 is 0. The first-order chi connectivity index (χ1) is 8.93. The fourth-order valence-electron chi connectivity index (χ4n) is 2.73. The maximum atomic E-state index is 12.6. The predicted molar refractivity (Wildman–Crippen MR) is 77.9 cm³/mol. The summed E-state index contributed by atoms with van der Waals surface area (Å²) in [6.45, 7) is 8.05. The van der Waals surface area contributed by atoms with Crippen LogP contribution >= 0.6 is 0 Å². The first-order valence-electron chi connectivity index (χ1n) is 6.79. The number of benzene rings is 1. The number of carbonyl (C=O) groups is 1. The van der Waals surface area contributed by atoms with Gasteiger partial charge in [0, 0.05) is 13.1 Å². The minimum absolute atomic E-state index is 0.0701. The lowest BCUT2D eigenvalue weighted by Gasteiger charge is -2.38. The van der Waals surface area contributed by atoms with Crippen molar-refractivity contribution >= 4 is 11.6 Å². The molecule has 2 rings (SSSR count). The number of nitrogen functional groups attached to an aromatic ring is 1. The van der Waals surface area contributed by atoms with Gasteiger partial charge in [-0.05, 0) is 42.9 Å². The molecule has 1 aromatic carbocycles. The van der Waals surface area contributed by atoms with E-state index in [1.54, 1.807) is 0 Å². The number of carbonyl (C=O) groups excluding carboxylic acids is 1. The number of likely N-dealkylation sites (tertiary alicyclic amines) is 1. The summed E-state index contributed by atoms with van der Waals surface area (Å²) in [5.41, 5.74) is 5.28. The van der Waals surface area contributed by atoms with Crippen molar-refractivity contribution in [3.05, 3.63) is 29.3 Å². The molecule has 0 spiro atoms. The van der Waals surface area contributed by atoms with Crippen molar-refractivity contribution in [3.63, 3.8) is 0 Å². The fraction of sp³-hybridized carbons (Fsp3) is 0.533. The van der Waals surface area contributed by atoms with Crippen molar-refractivity contribution in [3.8, 4) is 0 Å². The number of piperidine rings is 1. The molecule has 4 nitrogen and oxygen atoms in total. The highest BCUT2D eigenvalue weighted by molar-refractivity contribution is 5.99. The fourth-order valence-corrected chi connectivity index (χ4v) is 2.73. The Morgan fingerprint density at radius 3 is 2.79 bits per heavy atom. The van der Waals surface area contributed by atoms with Crippen LogP contribution in [0.1, 0.15) is 42.6 Å². The van der Waals surface area contributed by atoms with E-state index in [1.165, 1.54) is 6.42 Å². The predicted octanol–water partition coefficient (Wildman–Crippen LogP) is 2.54. The van der Waals surface area contributed by atoms with Crippen molar-refractivity contribution in [2.45, 2.75) is 33.6 Å². The van der Waals surface area contributed by atoms with Gasteiger partial charge in [0.25, 0.3) is 5.91 Å². The molecule has 1 heterocycles. The topological polar surface area (TPSA) is 58.4 Å². The number of rotatable bonds is 2. The molecule has 1 aromatic rings. The standard InChI is InChI=1S/C15H23N3O/c1-11-5-6-12(13(9-11)17-16)14(19)18-8-4-7-15(2,3)10-18/h5-6,9,17H,4,7-8,10,16H2,1-3H3. The summed E-state index contributed by atoms with van der Waals surface area (Å²) in [6.07, 6.45) is 2.24. The lowest BCUT2D eigenvalue weighted by Crippen LogP contribution is -2.43. The van der Waals surface area contributed by atoms with Crippen LogP contribution in [0.5, 0.6) is 0 Å². The zero-order valence-corrected chi connectivity index (χ0v) is 12.0. The summed E-state index contributed by atoms with van der Waals surface area (Å²) in [7, 11) is 0. The maximum absolute atomic E-state index is 12.6. The van der Waals surface area contributed by atoms with Crippen LogP contribution in [0.25, 0.3) is 0 Å². The molecule has 1 aliphatic heterocycles. The van der Waals surface area contributed by atoms with E-state index in [9.17, 15) is 4.79 Å². The van der Waals surface area contributed by atoms with Gasteiger partial charge in [-0.3, -0.25) is 10.6 Å². The van der Waals surface area contributed by atoms with E-state index in [1.807, 2.05) is 30.0 Å². The van der Waals surface area contributed by atoms with Crippen molar-refractivity contribution in [2.24, 2.45) is 11.3 Å². The van der Waals surface area contributed by atoms with Gasteiger partial charge in [0.15, 0.2) is 0 Å². The van der Waals surface area contributed by atoms with Gasteiger partial charge in [-0.2, -0.15) is 0 Å². The zero-order chi connectivity index (χ0) is 14.0. The molecule has 1 amide bonds. The maximum Gasteiger partial charge on any atom is 0.256 e. The smallest absolute Gasteiger partial charge is 0.256 e. The van der Waals surface area contributed by atoms with Crippen LogP contribution in [0.15, 0.2) is 18.2 Å². The number of amides is 1. The summed E-state index contributed by atoms with van der Waals surface area (Å²) in [5.74, 6) is 5.59. The average molecular weight is 261 g/mol. The Hall–Kier alpha value is -1.55. The van der Waals surface area contributed by atoms with Gasteiger partial charge in [-0.1, -0.05) is 19.9 Å². The van der Waals surface area contributed by atoms with Crippen molar-refractivity contribution in [1.82, 2.24) is 4.90 Å². The van der Waals surface area contributed by atoms with E-state index < -0.39 is 0 Å². The third kappa shape index (κ3) is 3.07. The second-order valence-corrected chi connectivity index (χ2v) is 6.19. The molecule has 1 aliphatic rings. The monoisotopic (exact) mass is 261 g/mol. The number of hydrazine groups is 1. The lowest BCUT2D eigenvalue weighted by atomic mass is 9.84. The Kier molecular flexibility index (Phi) is 3.80. The molecule has 3 N–H and O–H groups in total. The molecular formula is C15H23N3O. The number of anilines is 1. The van der Waals surface area contributed by atoms with Crippen LogP contribution in [0.3, 0.4) is 0 Å². The van der Waals surface area contributed by atoms with Crippen molar-refractivity contribution in [1.29, 1.82) is 0 Å². The van der Waals surface area contributed by atoms with Crippen LogP contribution in [0.2, 0.25) is 0 Å². The Balaban J connectivity index is 2.24. The van der Waals surface area contributed by atoms with Crippen LogP contribution in [0.4, 0.5) is 5.69 Å². The molecule has 0 atom stereocenters. The minimum Gasteiger partial charge on any atom is -0.338 e. The Bertz CT molecular complexity index is 482. The van der Waals surface area contributed by atoms with Gasteiger partial charge in [0.1, 0.15) is 0 Å². The third-order valence-corrected chi connectivity index (χ3v) is 3.75. The summed E-state index contributed by atoms with van der Waals surface area (Å²) < 4.78 is 0. The minimum atomic E-state index is 0.0701. The molecule has 4 heteroatoms. The number of nitrogens with two attached hydrogens (primary N) is 1. The molecule has 0 unspecified atom stereocenters. The van der Waals surface area contributed by atoms with Crippen LogP contribution in [-0.2, 0) is 0 Å². The first kappa shape index (κ1) is 13.9. The van der Waals surface area contributed by atoms with Gasteiger partial charge in [0.2, 0.25) is 0 Å². The van der Waals surface area contributed by atoms with Gasteiger partial charge in [-0.15, -0.1) is 0 Å². The second-order valence-electron chi connectivity index (χ2n) is 6.19. The van der Waals surface area contributed by atoms with Crippen LogP contribution in [0, 0.1) is 12.3 Å². The largest absolute Gasteiger partial charge is 0.338 e. The van der Waals surface area contributed by atoms with Crippen molar-refractivity contribution < 1.29 is 4.79 Å². The molecule has 1 fully saturated rings. The molecular weight excluding hydrogens is 238 g/mol. The van der Waals surface area contributed by atoms with Crippen molar-refractivity contribution in [2.75, 3.05) is 18.5 Å². The third-order valence-electron chi connectivity index (χ3n) is 3.75. The SMILES string of the molecule is Cc1ccc(C(=O)N2CCCC(C)(C)C2)c(NN)c1. The molecule has 0 aromatic heterocycles. The summed E-state index contributed by atoms with van der Waals surface area (Å²) in [6, 6.07) is 5.71. The number of hydrogen-bond acceptors (Lipinski definition) is 3. The van der Waals surface area contributed by atoms with E-state index in [-0.39, 0.29) is 11.3 Å². The highest BCUT2D eigenvalue weighted by Gasteiger charge is 2.30. The molecule has 0 aliphatic carbocycles. The van der Waals surface area contributed by atoms with E-state index in [0.29, 0.717) is 11.3 Å². The Morgan fingerprint density at radius 2 is 2.16 bits per heavy atom. The molecule has 104 valence electrons. The zero-order valence-electron chi connectivity index (χ0n) is 12.0. The summed E-state index contributed by atoms with van der Waals surface area (Å²) in [5, 5.41) is 0. The number of aryl methyl sites for hydroxylation is 1. The highest BCUT2D eigenvalue weighted by atomic mass is 16.2. The highest BCUT2D eigenvalue weighted by Crippen LogP contribution is 2.30. The molecule has 19 heavy (non-hydrogen) atoms. The van der Waals surface area contributed by atoms with Gasteiger partial charge >= 0.3 is 0 Å².